The van der Waals surface area contributed by atoms with Crippen molar-refractivity contribution >= 4 is 28.3 Å². The quantitative estimate of drug-likeness (QED) is 0.615. The van der Waals surface area contributed by atoms with E-state index in [2.05, 4.69) is 10.2 Å². The van der Waals surface area contributed by atoms with E-state index in [0.717, 1.165) is 18.8 Å². The number of benzene rings is 2. The highest BCUT2D eigenvalue weighted by Gasteiger charge is 2.15. The van der Waals surface area contributed by atoms with E-state index in [-0.39, 0.29) is 17.6 Å². The Bertz CT molecular complexity index is 1100. The van der Waals surface area contributed by atoms with Crippen LogP contribution in [0.25, 0.3) is 11.0 Å². The number of anilines is 2. The van der Waals surface area contributed by atoms with Crippen LogP contribution in [-0.2, 0) is 0 Å². The molecule has 30 heavy (non-hydrogen) atoms. The fourth-order valence-corrected chi connectivity index (χ4v) is 3.78. The molecular formula is C24H26N2O4. The SMILES string of the molecule is CC(C)Oc1ccc2c(C(=O)Nc3ccc(N4CCCCC4)cc3)cc(=O)oc2c1. The van der Waals surface area contributed by atoms with Crippen molar-refractivity contribution in [2.24, 2.45) is 0 Å². The van der Waals surface area contributed by atoms with Crippen molar-refractivity contribution in [3.05, 3.63) is 64.5 Å². The summed E-state index contributed by atoms with van der Waals surface area (Å²) < 4.78 is 10.9. The van der Waals surface area contributed by atoms with Gasteiger partial charge in [-0.25, -0.2) is 4.79 Å². The first-order valence-corrected chi connectivity index (χ1v) is 10.4. The topological polar surface area (TPSA) is 71.8 Å². The number of nitrogens with zero attached hydrogens (tertiary/aromatic N) is 1. The van der Waals surface area contributed by atoms with Crippen LogP contribution in [0, 0.1) is 0 Å². The first-order chi connectivity index (χ1) is 14.5. The van der Waals surface area contributed by atoms with Crippen LogP contribution < -0.4 is 20.6 Å². The summed E-state index contributed by atoms with van der Waals surface area (Å²) in [6.07, 6.45) is 3.71. The lowest BCUT2D eigenvalue weighted by atomic mass is 10.1. The fraction of sp³-hybridized carbons (Fsp3) is 0.333. The summed E-state index contributed by atoms with van der Waals surface area (Å²) in [6, 6.07) is 14.2. The second-order valence-corrected chi connectivity index (χ2v) is 7.85. The second-order valence-electron chi connectivity index (χ2n) is 7.85. The number of piperidine rings is 1. The number of carbonyl (C=O) groups excluding carboxylic acids is 1. The smallest absolute Gasteiger partial charge is 0.337 e. The number of hydrogen-bond acceptors (Lipinski definition) is 5. The summed E-state index contributed by atoms with van der Waals surface area (Å²) in [4.78, 5) is 27.3. The lowest BCUT2D eigenvalue weighted by molar-refractivity contribution is 0.102. The molecule has 0 atom stereocenters. The van der Waals surface area contributed by atoms with E-state index in [0.29, 0.717) is 22.4 Å². The fourth-order valence-electron chi connectivity index (χ4n) is 3.78. The summed E-state index contributed by atoms with van der Waals surface area (Å²) in [5.74, 6) is 0.239. The molecule has 3 aromatic rings. The van der Waals surface area contributed by atoms with Gasteiger partial charge in [0.15, 0.2) is 0 Å². The van der Waals surface area contributed by atoms with Crippen LogP contribution in [0.5, 0.6) is 5.75 Å². The van der Waals surface area contributed by atoms with Crippen molar-refractivity contribution in [2.75, 3.05) is 23.3 Å². The van der Waals surface area contributed by atoms with Gasteiger partial charge < -0.3 is 19.4 Å². The summed E-state index contributed by atoms with van der Waals surface area (Å²) in [7, 11) is 0. The highest BCUT2D eigenvalue weighted by Crippen LogP contribution is 2.25. The molecule has 1 aliphatic rings. The average molecular weight is 406 g/mol. The van der Waals surface area contributed by atoms with Crippen molar-refractivity contribution in [3.8, 4) is 5.75 Å². The Morgan fingerprint density at radius 2 is 1.77 bits per heavy atom. The Balaban J connectivity index is 1.56. The zero-order valence-corrected chi connectivity index (χ0v) is 17.3. The second kappa shape index (κ2) is 8.61. The van der Waals surface area contributed by atoms with E-state index in [4.69, 9.17) is 9.15 Å². The van der Waals surface area contributed by atoms with Crippen molar-refractivity contribution in [3.63, 3.8) is 0 Å². The van der Waals surface area contributed by atoms with Gasteiger partial charge >= 0.3 is 5.63 Å². The van der Waals surface area contributed by atoms with Gasteiger partial charge in [0.1, 0.15) is 11.3 Å². The number of carbonyl (C=O) groups is 1. The van der Waals surface area contributed by atoms with E-state index in [1.807, 2.05) is 38.1 Å². The number of nitrogens with one attached hydrogen (secondary N) is 1. The van der Waals surface area contributed by atoms with E-state index >= 15 is 0 Å². The van der Waals surface area contributed by atoms with Gasteiger partial charge in [-0.3, -0.25) is 4.79 Å². The maximum absolute atomic E-state index is 12.9. The predicted octanol–water partition coefficient (Wildman–Crippen LogP) is 4.82. The van der Waals surface area contributed by atoms with Crippen molar-refractivity contribution in [1.82, 2.24) is 0 Å². The maximum Gasteiger partial charge on any atom is 0.337 e. The van der Waals surface area contributed by atoms with E-state index in [1.54, 1.807) is 18.2 Å². The average Bonchev–Trinajstić information content (AvgIpc) is 2.73. The van der Waals surface area contributed by atoms with Crippen LogP contribution in [0.1, 0.15) is 43.5 Å². The molecule has 0 unspecified atom stereocenters. The summed E-state index contributed by atoms with van der Waals surface area (Å²) in [6.45, 7) is 5.97. The number of fused-ring (bicyclic) bond motifs is 1. The molecule has 1 aromatic heterocycles. The third-order valence-electron chi connectivity index (χ3n) is 5.18. The minimum atomic E-state index is -0.574. The molecule has 1 aliphatic heterocycles. The summed E-state index contributed by atoms with van der Waals surface area (Å²) >= 11 is 0. The highest BCUT2D eigenvalue weighted by atomic mass is 16.5. The zero-order chi connectivity index (χ0) is 21.1. The molecule has 0 aliphatic carbocycles. The van der Waals surface area contributed by atoms with E-state index < -0.39 is 5.63 Å². The third-order valence-corrected chi connectivity index (χ3v) is 5.18. The lowest BCUT2D eigenvalue weighted by Crippen LogP contribution is -2.29. The lowest BCUT2D eigenvalue weighted by Gasteiger charge is -2.28. The molecule has 156 valence electrons. The third kappa shape index (κ3) is 4.48. The van der Waals surface area contributed by atoms with Gasteiger partial charge in [-0.1, -0.05) is 0 Å². The van der Waals surface area contributed by atoms with Gasteiger partial charge in [0.25, 0.3) is 5.91 Å². The molecule has 1 saturated heterocycles. The molecule has 1 N–H and O–H groups in total. The number of ether oxygens (including phenoxy) is 1. The number of rotatable bonds is 5. The molecule has 4 rings (SSSR count). The maximum atomic E-state index is 12.9. The van der Waals surface area contributed by atoms with Crippen LogP contribution in [0.15, 0.2) is 57.7 Å². The number of hydrogen-bond donors (Lipinski definition) is 1. The van der Waals surface area contributed by atoms with Crippen LogP contribution in [0.2, 0.25) is 0 Å². The Kier molecular flexibility index (Phi) is 5.74. The Morgan fingerprint density at radius 1 is 1.03 bits per heavy atom. The molecule has 0 saturated carbocycles. The van der Waals surface area contributed by atoms with Gasteiger partial charge in [-0.15, -0.1) is 0 Å². The van der Waals surface area contributed by atoms with Crippen LogP contribution >= 0.6 is 0 Å². The molecule has 1 amide bonds. The van der Waals surface area contributed by atoms with Crippen molar-refractivity contribution in [1.29, 1.82) is 0 Å². The molecule has 6 heteroatoms. The van der Waals surface area contributed by atoms with Crippen LogP contribution in [0.3, 0.4) is 0 Å². The Morgan fingerprint density at radius 3 is 2.47 bits per heavy atom. The van der Waals surface area contributed by atoms with Gasteiger partial charge in [-0.05, 0) is 69.5 Å². The monoisotopic (exact) mass is 406 g/mol. The standard InChI is InChI=1S/C24H26N2O4/c1-16(2)29-19-10-11-20-21(15-23(27)30-22(20)14-19)24(28)25-17-6-8-18(9-7-17)26-12-4-3-5-13-26/h6-11,14-16H,3-5,12-13H2,1-2H3,(H,25,28). The van der Waals surface area contributed by atoms with Gasteiger partial charge in [-0.2, -0.15) is 0 Å². The molecule has 0 spiro atoms. The predicted molar refractivity (Wildman–Crippen MR) is 119 cm³/mol. The van der Waals surface area contributed by atoms with Gasteiger partial charge in [0, 0.05) is 42.0 Å². The summed E-state index contributed by atoms with van der Waals surface area (Å²) in [5.41, 5.74) is 1.87. The van der Waals surface area contributed by atoms with Gasteiger partial charge in [0.2, 0.25) is 0 Å². The minimum absolute atomic E-state index is 0.00596. The molecule has 2 aromatic carbocycles. The van der Waals surface area contributed by atoms with Crippen LogP contribution in [0.4, 0.5) is 11.4 Å². The molecule has 2 heterocycles. The van der Waals surface area contributed by atoms with Crippen LogP contribution in [-0.4, -0.2) is 25.1 Å². The van der Waals surface area contributed by atoms with Crippen molar-refractivity contribution in [2.45, 2.75) is 39.2 Å². The van der Waals surface area contributed by atoms with Gasteiger partial charge in [0.05, 0.1) is 11.7 Å². The molecule has 0 bridgehead atoms. The van der Waals surface area contributed by atoms with E-state index in [1.165, 1.54) is 25.3 Å². The Hall–Kier alpha value is -3.28. The molecule has 6 nitrogen and oxygen atoms in total. The zero-order valence-electron chi connectivity index (χ0n) is 17.3. The largest absolute Gasteiger partial charge is 0.491 e. The Labute approximate surface area is 175 Å². The molecular weight excluding hydrogens is 380 g/mol. The normalized spacial score (nSPS) is 14.2. The van der Waals surface area contributed by atoms with Crippen molar-refractivity contribution < 1.29 is 13.9 Å². The summed E-state index contributed by atoms with van der Waals surface area (Å²) in [5, 5.41) is 3.45. The highest BCUT2D eigenvalue weighted by molar-refractivity contribution is 6.12. The first kappa shape index (κ1) is 20.0. The first-order valence-electron chi connectivity index (χ1n) is 10.4. The molecule has 0 radical (unpaired) electrons. The number of amides is 1. The minimum Gasteiger partial charge on any atom is -0.491 e. The molecule has 1 fully saturated rings. The van der Waals surface area contributed by atoms with E-state index in [9.17, 15) is 9.59 Å².